The molecule has 0 aromatic heterocycles. The van der Waals surface area contributed by atoms with Gasteiger partial charge in [0.05, 0.1) is 0 Å². The monoisotopic (exact) mass is 265 g/mol. The van der Waals surface area contributed by atoms with E-state index in [1.54, 1.807) is 24.3 Å². The van der Waals surface area contributed by atoms with Gasteiger partial charge in [-0.15, -0.1) is 0 Å². The predicted octanol–water partition coefficient (Wildman–Crippen LogP) is -2.25. The molecule has 0 bridgehead atoms. The SMILES string of the molecule is O=C(O[I-]O)c1ccccc1. The van der Waals surface area contributed by atoms with Gasteiger partial charge in [0.15, 0.2) is 0 Å². The average Bonchev–Trinajstić information content (AvgIpc) is 2.07. The third kappa shape index (κ3) is 2.47. The molecule has 0 fully saturated rings. The fourth-order valence-corrected chi connectivity index (χ4v) is 1.08. The molecule has 0 heterocycles. The number of hydrogen-bond donors (Lipinski definition) is 1. The van der Waals surface area contributed by atoms with E-state index in [2.05, 4.69) is 3.07 Å². The molecule has 4 heteroatoms. The molecule has 11 heavy (non-hydrogen) atoms. The van der Waals surface area contributed by atoms with Gasteiger partial charge >= 0.3 is 75.2 Å². The van der Waals surface area contributed by atoms with Gasteiger partial charge in [-0.1, -0.05) is 0 Å². The first-order valence-corrected chi connectivity index (χ1v) is 4.74. The van der Waals surface area contributed by atoms with E-state index in [9.17, 15) is 4.79 Å². The molecule has 0 saturated carbocycles. The summed E-state index contributed by atoms with van der Waals surface area (Å²) < 4.78 is 12.8. The van der Waals surface area contributed by atoms with Crippen molar-refractivity contribution >= 4 is 5.97 Å². The van der Waals surface area contributed by atoms with Crippen LogP contribution in [0, 0.1) is 0 Å². The van der Waals surface area contributed by atoms with E-state index < -0.39 is 28.0 Å². The Morgan fingerprint density at radius 1 is 1.36 bits per heavy atom. The Morgan fingerprint density at radius 3 is 2.55 bits per heavy atom. The van der Waals surface area contributed by atoms with E-state index in [0.717, 1.165) is 0 Å². The van der Waals surface area contributed by atoms with Crippen LogP contribution in [0.1, 0.15) is 10.4 Å². The topological polar surface area (TPSA) is 46.5 Å². The van der Waals surface area contributed by atoms with E-state index in [-0.39, 0.29) is 0 Å². The third-order valence-electron chi connectivity index (χ3n) is 1.11. The van der Waals surface area contributed by atoms with Crippen molar-refractivity contribution in [3.05, 3.63) is 35.9 Å². The van der Waals surface area contributed by atoms with Crippen LogP contribution in [0.25, 0.3) is 0 Å². The van der Waals surface area contributed by atoms with Crippen LogP contribution >= 0.6 is 0 Å². The number of rotatable bonds is 2. The number of benzene rings is 1. The van der Waals surface area contributed by atoms with Crippen LogP contribution < -0.4 is 22.0 Å². The van der Waals surface area contributed by atoms with Gasteiger partial charge in [0.25, 0.3) is 0 Å². The maximum atomic E-state index is 10.9. The van der Waals surface area contributed by atoms with Gasteiger partial charge < -0.3 is 0 Å². The van der Waals surface area contributed by atoms with Crippen LogP contribution in [0.15, 0.2) is 30.3 Å². The van der Waals surface area contributed by atoms with Crippen molar-refractivity contribution in [3.63, 3.8) is 0 Å². The molecule has 0 aliphatic heterocycles. The molecule has 1 N–H and O–H groups in total. The van der Waals surface area contributed by atoms with Gasteiger partial charge in [-0.2, -0.15) is 0 Å². The second-order valence-corrected chi connectivity index (χ2v) is 2.63. The Bertz CT molecular complexity index is 235. The summed E-state index contributed by atoms with van der Waals surface area (Å²) in [4.78, 5) is 10.9. The maximum absolute atomic E-state index is 10.9. The summed E-state index contributed by atoms with van der Waals surface area (Å²) in [6.45, 7) is 0. The van der Waals surface area contributed by atoms with Gasteiger partial charge in [-0.05, 0) is 0 Å². The van der Waals surface area contributed by atoms with Crippen molar-refractivity contribution < 1.29 is 33.3 Å². The number of halogens is 1. The number of hydrogen-bond acceptors (Lipinski definition) is 3. The molecule has 0 saturated heterocycles. The molecule has 0 atom stereocenters. The Morgan fingerprint density at radius 2 is 2.00 bits per heavy atom. The molecule has 1 rings (SSSR count). The molecule has 0 aliphatic carbocycles. The molecule has 0 radical (unpaired) electrons. The van der Waals surface area contributed by atoms with Crippen molar-refractivity contribution in [2.75, 3.05) is 0 Å². The summed E-state index contributed by atoms with van der Waals surface area (Å²) in [5.74, 6) is -0.458. The Balaban J connectivity index is 2.69. The standard InChI is InChI=1S/C7H6IO3/c9-7(11-8-10)6-4-2-1-3-5-6/h1-5,10H/q-1. The molecule has 0 spiro atoms. The van der Waals surface area contributed by atoms with E-state index in [4.69, 9.17) is 3.44 Å². The second kappa shape index (κ2) is 4.30. The molecule has 60 valence electrons. The summed E-state index contributed by atoms with van der Waals surface area (Å²) in [5.41, 5.74) is 0.473. The number of carbonyl (C=O) groups is 1. The summed E-state index contributed by atoms with van der Waals surface area (Å²) in [5, 5.41) is 0. The quantitative estimate of drug-likeness (QED) is 0.615. The molecular weight excluding hydrogens is 259 g/mol. The first-order chi connectivity index (χ1) is 5.34. The first-order valence-electron chi connectivity index (χ1n) is 2.89. The van der Waals surface area contributed by atoms with E-state index >= 15 is 0 Å². The Kier molecular flexibility index (Phi) is 3.31. The van der Waals surface area contributed by atoms with Crippen LogP contribution in [-0.4, -0.2) is 9.41 Å². The second-order valence-electron chi connectivity index (χ2n) is 1.80. The molecule has 1 aromatic rings. The van der Waals surface area contributed by atoms with Gasteiger partial charge in [-0.3, -0.25) is 0 Å². The predicted molar refractivity (Wildman–Crippen MR) is 34.1 cm³/mol. The fourth-order valence-electron chi connectivity index (χ4n) is 0.650. The van der Waals surface area contributed by atoms with Crippen LogP contribution in [0.5, 0.6) is 0 Å². The van der Waals surface area contributed by atoms with Crippen molar-refractivity contribution in [1.82, 2.24) is 0 Å². The van der Waals surface area contributed by atoms with Crippen molar-refractivity contribution in [1.29, 1.82) is 0 Å². The van der Waals surface area contributed by atoms with Crippen molar-refractivity contribution in [3.8, 4) is 0 Å². The first kappa shape index (κ1) is 8.48. The van der Waals surface area contributed by atoms with Gasteiger partial charge in [0.2, 0.25) is 0 Å². The van der Waals surface area contributed by atoms with E-state index in [1.165, 1.54) is 0 Å². The zero-order valence-corrected chi connectivity index (χ0v) is 7.69. The summed E-state index contributed by atoms with van der Waals surface area (Å²) in [6, 6.07) is 8.58. The van der Waals surface area contributed by atoms with Crippen molar-refractivity contribution in [2.45, 2.75) is 0 Å². The summed E-state index contributed by atoms with van der Waals surface area (Å²) in [6.07, 6.45) is 0. The molecule has 0 unspecified atom stereocenters. The normalized spacial score (nSPS) is 9.55. The molecule has 1 aromatic carbocycles. The van der Waals surface area contributed by atoms with E-state index in [0.29, 0.717) is 5.56 Å². The van der Waals surface area contributed by atoms with Crippen molar-refractivity contribution in [2.24, 2.45) is 0 Å². The van der Waals surface area contributed by atoms with E-state index in [1.807, 2.05) is 6.07 Å². The zero-order valence-electron chi connectivity index (χ0n) is 5.53. The van der Waals surface area contributed by atoms with Crippen LogP contribution in [-0.2, 0) is 3.07 Å². The molecule has 0 aliphatic rings. The third-order valence-corrected chi connectivity index (χ3v) is 1.71. The van der Waals surface area contributed by atoms with Crippen LogP contribution in [0.4, 0.5) is 0 Å². The minimum atomic E-state index is -1.41. The van der Waals surface area contributed by atoms with Crippen LogP contribution in [0.3, 0.4) is 0 Å². The van der Waals surface area contributed by atoms with Gasteiger partial charge in [0.1, 0.15) is 0 Å². The summed E-state index contributed by atoms with van der Waals surface area (Å²) >= 11 is -1.41. The summed E-state index contributed by atoms with van der Waals surface area (Å²) in [7, 11) is 0. The van der Waals surface area contributed by atoms with Crippen LogP contribution in [0.2, 0.25) is 0 Å². The molecule has 3 nitrogen and oxygen atoms in total. The molecule has 0 amide bonds. The minimum absolute atomic E-state index is 0.458. The fraction of sp³-hybridized carbons (Fsp3) is 0. The Labute approximate surface area is 75.4 Å². The molecular formula is C7H6IO3-. The average molecular weight is 265 g/mol. The van der Waals surface area contributed by atoms with Gasteiger partial charge in [-0.25, -0.2) is 0 Å². The van der Waals surface area contributed by atoms with Gasteiger partial charge in [0, 0.05) is 0 Å². The Hall–Kier alpha value is -0.620. The zero-order chi connectivity index (χ0) is 8.10. The number of carbonyl (C=O) groups excluding carboxylic acids is 1.